The number of methoxy groups -OCH3 is 1. The van der Waals surface area contributed by atoms with Gasteiger partial charge in [0.25, 0.3) is 0 Å². The Balaban J connectivity index is 0.00000423. The van der Waals surface area contributed by atoms with Crippen molar-refractivity contribution in [2.75, 3.05) is 78.0 Å². The largest absolute Gasteiger partial charge is 0.475 e. The number of carbonyl (C=O) groups is 1. The number of benzene rings is 2. The van der Waals surface area contributed by atoms with E-state index in [1.54, 1.807) is 11.8 Å². The maximum absolute atomic E-state index is 14.1. The van der Waals surface area contributed by atoms with Gasteiger partial charge in [0.1, 0.15) is 24.1 Å². The van der Waals surface area contributed by atoms with Crippen molar-refractivity contribution in [3.63, 3.8) is 0 Å². The minimum Gasteiger partial charge on any atom is -0.475 e. The van der Waals surface area contributed by atoms with Crippen LogP contribution in [0.15, 0.2) is 48.5 Å². The second-order valence-electron chi connectivity index (χ2n) is 10.7. The molecule has 0 unspecified atom stereocenters. The van der Waals surface area contributed by atoms with E-state index in [4.69, 9.17) is 14.6 Å². The lowest BCUT2D eigenvalue weighted by Crippen LogP contribution is -2.44. The first kappa shape index (κ1) is 32.6. The average Bonchev–Trinajstić information content (AvgIpc) is 3.52. The third kappa shape index (κ3) is 8.42. The molecule has 234 valence electrons. The van der Waals surface area contributed by atoms with Gasteiger partial charge in [0.2, 0.25) is 5.88 Å². The molecule has 43 heavy (non-hydrogen) atoms. The molecule has 13 heteroatoms. The zero-order chi connectivity index (χ0) is 29.5. The number of hydrogen-bond donors (Lipinski definition) is 3. The van der Waals surface area contributed by atoms with E-state index in [1.165, 1.54) is 12.1 Å². The molecule has 0 aliphatic carbocycles. The monoisotopic (exact) mass is 619 g/mol. The maximum Gasteiger partial charge on any atom is 0.320 e. The molecule has 2 aliphatic heterocycles. The van der Waals surface area contributed by atoms with Gasteiger partial charge < -0.3 is 20.1 Å². The topological polar surface area (TPSA) is 95.9 Å². The molecule has 0 saturated carbocycles. The van der Waals surface area contributed by atoms with E-state index in [2.05, 4.69) is 25.8 Å². The predicted octanol–water partition coefficient (Wildman–Crippen LogP) is 3.40. The van der Waals surface area contributed by atoms with Gasteiger partial charge >= 0.3 is 6.03 Å². The summed E-state index contributed by atoms with van der Waals surface area (Å²) in [5.74, 6) is -0.657. The Morgan fingerprint density at radius 1 is 1.02 bits per heavy atom. The highest BCUT2D eigenvalue weighted by molar-refractivity contribution is 5.90. The van der Waals surface area contributed by atoms with E-state index in [0.717, 1.165) is 44.5 Å². The van der Waals surface area contributed by atoms with Crippen LogP contribution in [0.4, 0.5) is 19.4 Å². The Hall–Kier alpha value is -3.29. The van der Waals surface area contributed by atoms with Crippen LogP contribution in [-0.4, -0.2) is 104 Å². The van der Waals surface area contributed by atoms with E-state index >= 15 is 0 Å². The van der Waals surface area contributed by atoms with Crippen molar-refractivity contribution in [3.8, 4) is 11.6 Å². The predicted molar refractivity (Wildman–Crippen MR) is 164 cm³/mol. The number of para-hydroxylation sites is 1. The Labute approximate surface area is 257 Å². The molecule has 0 spiro atoms. The minimum atomic E-state index is -0.643. The normalized spacial score (nSPS) is 19.2. The van der Waals surface area contributed by atoms with E-state index in [-0.39, 0.29) is 24.4 Å². The number of carbonyl (C=O) groups excluding carboxylic acids is 1. The van der Waals surface area contributed by atoms with Gasteiger partial charge in [0.05, 0.1) is 23.9 Å². The highest BCUT2D eigenvalue weighted by atomic mass is 35.5. The molecule has 2 amide bonds. The third-order valence-electron chi connectivity index (χ3n) is 7.80. The lowest BCUT2D eigenvalue weighted by molar-refractivity contribution is 0.159. The standard InChI is InChI=1S/C30H39F2N7O3.ClH/c1-21-28(39(25-6-4-3-5-7-25)36-29(21)42-15-13-37-10-8-33-9-11-37)35-30(40)34-27-20-38(12-14-41-2)19-26(27)22-16-23(31)18-24(32)17-22;/h3-7,16-18,26-27,33H,8-15,19-20H2,1-2H3,(H2,34,35,40);1H/t26-,27+;/m0./s1. The van der Waals surface area contributed by atoms with Gasteiger partial charge in [-0.15, -0.1) is 17.5 Å². The summed E-state index contributed by atoms with van der Waals surface area (Å²) in [6.45, 7) is 9.19. The summed E-state index contributed by atoms with van der Waals surface area (Å²) in [7, 11) is 1.63. The van der Waals surface area contributed by atoms with Crippen molar-refractivity contribution >= 4 is 24.3 Å². The molecule has 0 bridgehead atoms. The van der Waals surface area contributed by atoms with Crippen molar-refractivity contribution in [3.05, 3.63) is 71.3 Å². The van der Waals surface area contributed by atoms with Crippen LogP contribution in [0.25, 0.3) is 5.69 Å². The Bertz CT molecular complexity index is 1320. The Kier molecular flexibility index (Phi) is 11.7. The molecule has 3 heterocycles. The van der Waals surface area contributed by atoms with Crippen molar-refractivity contribution < 1.29 is 23.0 Å². The van der Waals surface area contributed by atoms with Gasteiger partial charge in [-0.05, 0) is 36.8 Å². The molecular weight excluding hydrogens is 580 g/mol. The van der Waals surface area contributed by atoms with Crippen LogP contribution in [0.5, 0.6) is 5.88 Å². The number of piperazine rings is 1. The van der Waals surface area contributed by atoms with Crippen molar-refractivity contribution in [1.29, 1.82) is 0 Å². The van der Waals surface area contributed by atoms with E-state index in [1.807, 2.05) is 37.3 Å². The van der Waals surface area contributed by atoms with Crippen molar-refractivity contribution in [1.82, 2.24) is 30.2 Å². The summed E-state index contributed by atoms with van der Waals surface area (Å²) in [4.78, 5) is 17.9. The van der Waals surface area contributed by atoms with Crippen LogP contribution in [0.2, 0.25) is 0 Å². The summed E-state index contributed by atoms with van der Waals surface area (Å²) < 4.78 is 41.2. The number of urea groups is 1. The molecule has 2 aliphatic rings. The van der Waals surface area contributed by atoms with Gasteiger partial charge in [0.15, 0.2) is 0 Å². The van der Waals surface area contributed by atoms with Gasteiger partial charge in [-0.25, -0.2) is 18.3 Å². The van der Waals surface area contributed by atoms with Gasteiger partial charge in [-0.1, -0.05) is 18.2 Å². The highest BCUT2D eigenvalue weighted by Crippen LogP contribution is 2.31. The number of anilines is 1. The third-order valence-corrected chi connectivity index (χ3v) is 7.80. The van der Waals surface area contributed by atoms with Crippen LogP contribution < -0.4 is 20.7 Å². The van der Waals surface area contributed by atoms with Crippen LogP contribution >= 0.6 is 12.4 Å². The Morgan fingerprint density at radius 3 is 2.42 bits per heavy atom. The lowest BCUT2D eigenvalue weighted by atomic mass is 9.94. The van der Waals surface area contributed by atoms with Crippen LogP contribution in [0.3, 0.4) is 0 Å². The number of aromatic nitrogens is 2. The summed E-state index contributed by atoms with van der Waals surface area (Å²) in [6.07, 6.45) is 0. The molecule has 2 atom stereocenters. The number of halogens is 3. The summed E-state index contributed by atoms with van der Waals surface area (Å²) in [5.41, 5.74) is 1.97. The van der Waals surface area contributed by atoms with E-state index in [0.29, 0.717) is 55.7 Å². The molecule has 2 aromatic carbocycles. The Morgan fingerprint density at radius 2 is 1.72 bits per heavy atom. The van der Waals surface area contributed by atoms with E-state index in [9.17, 15) is 13.6 Å². The van der Waals surface area contributed by atoms with Crippen LogP contribution in [0, 0.1) is 18.6 Å². The van der Waals surface area contributed by atoms with E-state index < -0.39 is 17.7 Å². The fraction of sp³-hybridized carbons (Fsp3) is 0.467. The first-order valence-corrected chi connectivity index (χ1v) is 14.4. The molecule has 2 fully saturated rings. The maximum atomic E-state index is 14.1. The zero-order valence-electron chi connectivity index (χ0n) is 24.5. The fourth-order valence-corrected chi connectivity index (χ4v) is 5.60. The number of hydrogen-bond acceptors (Lipinski definition) is 7. The molecular formula is C30H40ClF2N7O3. The summed E-state index contributed by atoms with van der Waals surface area (Å²) in [5, 5.41) is 14.1. The molecule has 2 saturated heterocycles. The number of nitrogens with zero attached hydrogens (tertiary/aromatic N) is 4. The lowest BCUT2D eigenvalue weighted by Gasteiger charge is -2.26. The zero-order valence-corrected chi connectivity index (χ0v) is 25.3. The summed E-state index contributed by atoms with van der Waals surface area (Å²) >= 11 is 0. The number of ether oxygens (including phenoxy) is 2. The number of rotatable bonds is 11. The average molecular weight is 620 g/mol. The van der Waals surface area contributed by atoms with Gasteiger partial charge in [0, 0.05) is 71.5 Å². The second-order valence-corrected chi connectivity index (χ2v) is 10.7. The molecule has 5 rings (SSSR count). The molecule has 3 N–H and O–H groups in total. The first-order chi connectivity index (χ1) is 20.4. The second kappa shape index (κ2) is 15.4. The van der Waals surface area contributed by atoms with Crippen LogP contribution in [-0.2, 0) is 4.74 Å². The number of amides is 2. The van der Waals surface area contributed by atoms with Crippen LogP contribution in [0.1, 0.15) is 17.0 Å². The molecule has 0 radical (unpaired) electrons. The van der Waals surface area contributed by atoms with Gasteiger partial charge in [-0.2, -0.15) is 0 Å². The number of nitrogens with one attached hydrogen (secondary N) is 3. The quantitative estimate of drug-likeness (QED) is 0.303. The van der Waals surface area contributed by atoms with Gasteiger partial charge in [-0.3, -0.25) is 15.1 Å². The molecule has 1 aromatic heterocycles. The fourth-order valence-electron chi connectivity index (χ4n) is 5.60. The minimum absolute atomic E-state index is 0. The van der Waals surface area contributed by atoms with Crippen molar-refractivity contribution in [2.24, 2.45) is 0 Å². The smallest absolute Gasteiger partial charge is 0.320 e. The molecule has 3 aromatic rings. The van der Waals surface area contributed by atoms with Crippen molar-refractivity contribution in [2.45, 2.75) is 18.9 Å². The summed E-state index contributed by atoms with van der Waals surface area (Å²) in [6, 6.07) is 12.2. The molecule has 10 nitrogen and oxygen atoms in total. The number of likely N-dealkylation sites (tertiary alicyclic amines) is 1. The highest BCUT2D eigenvalue weighted by Gasteiger charge is 2.35. The first-order valence-electron chi connectivity index (χ1n) is 14.4. The SMILES string of the molecule is COCCN1C[C@@H](NC(=O)Nc2c(C)c(OCCN3CCNCC3)nn2-c2ccccc2)[C@H](c2cc(F)cc(F)c2)C1.Cl.